The van der Waals surface area contributed by atoms with E-state index in [9.17, 15) is 4.79 Å². The molecule has 0 N–H and O–H groups in total. The zero-order chi connectivity index (χ0) is 17.7. The molecule has 0 aliphatic heterocycles. The van der Waals surface area contributed by atoms with Crippen LogP contribution < -0.4 is 0 Å². The van der Waals surface area contributed by atoms with Crippen LogP contribution in [0.5, 0.6) is 0 Å². The van der Waals surface area contributed by atoms with E-state index in [0.717, 1.165) is 12.8 Å². The number of hydrogen-bond acceptors (Lipinski definition) is 6. The molecular weight excluding hydrogens is 312 g/mol. The van der Waals surface area contributed by atoms with Crippen molar-refractivity contribution >= 4 is 5.97 Å². The third kappa shape index (κ3) is 19.4. The van der Waals surface area contributed by atoms with E-state index in [1.807, 2.05) is 0 Å². The molecule has 0 aromatic heterocycles. The summed E-state index contributed by atoms with van der Waals surface area (Å²) in [6.07, 6.45) is 7.55. The molecule has 0 unspecified atom stereocenters. The molecule has 6 nitrogen and oxygen atoms in total. The summed E-state index contributed by atoms with van der Waals surface area (Å²) in [6.45, 7) is 6.21. The molecule has 0 spiro atoms. The van der Waals surface area contributed by atoms with Gasteiger partial charge in [0.15, 0.2) is 0 Å². The molecule has 0 aromatic carbocycles. The predicted octanol–water partition coefficient (Wildman–Crippen LogP) is 2.98. The predicted molar refractivity (Wildman–Crippen MR) is 93.3 cm³/mol. The summed E-state index contributed by atoms with van der Waals surface area (Å²) in [4.78, 5) is 11.5. The number of hydrogen-bond donors (Lipinski definition) is 0. The summed E-state index contributed by atoms with van der Waals surface area (Å²) >= 11 is 0. The first-order valence-corrected chi connectivity index (χ1v) is 9.19. The Morgan fingerprint density at radius 2 is 1.17 bits per heavy atom. The number of ether oxygens (including phenoxy) is 5. The first-order valence-electron chi connectivity index (χ1n) is 9.19. The maximum atomic E-state index is 11.5. The maximum absolute atomic E-state index is 11.5. The molecule has 0 radical (unpaired) electrons. The van der Waals surface area contributed by atoms with Gasteiger partial charge in [0.25, 0.3) is 0 Å². The fourth-order valence-corrected chi connectivity index (χ4v) is 2.02. The van der Waals surface area contributed by atoms with Gasteiger partial charge in [0.05, 0.1) is 46.2 Å². The number of carbonyl (C=O) groups is 1. The van der Waals surface area contributed by atoms with Gasteiger partial charge < -0.3 is 23.7 Å². The Balaban J connectivity index is 3.11. The van der Waals surface area contributed by atoms with Gasteiger partial charge >= 0.3 is 5.97 Å². The van der Waals surface area contributed by atoms with Gasteiger partial charge in [-0.2, -0.15) is 0 Å². The van der Waals surface area contributed by atoms with E-state index < -0.39 is 0 Å². The SMILES string of the molecule is CCCCCCCCC(=O)OCCOCCOCCOCCOC. The molecule has 0 atom stereocenters. The fraction of sp³-hybridized carbons (Fsp3) is 0.944. The fourth-order valence-electron chi connectivity index (χ4n) is 2.02. The summed E-state index contributed by atoms with van der Waals surface area (Å²) in [7, 11) is 1.64. The molecule has 0 rings (SSSR count). The van der Waals surface area contributed by atoms with Crippen molar-refractivity contribution in [3.8, 4) is 0 Å². The molecule has 0 aromatic rings. The molecule has 0 saturated carbocycles. The van der Waals surface area contributed by atoms with Crippen molar-refractivity contribution in [3.05, 3.63) is 0 Å². The highest BCUT2D eigenvalue weighted by molar-refractivity contribution is 5.69. The standard InChI is InChI=1S/C18H36O6/c1-3-4-5-6-7-8-9-18(19)24-17-16-23-15-14-22-13-12-21-11-10-20-2/h3-17H2,1-2H3. The van der Waals surface area contributed by atoms with Crippen molar-refractivity contribution in [2.24, 2.45) is 0 Å². The average molecular weight is 348 g/mol. The van der Waals surface area contributed by atoms with Gasteiger partial charge in [-0.25, -0.2) is 0 Å². The number of unbranched alkanes of at least 4 members (excludes halogenated alkanes) is 5. The zero-order valence-electron chi connectivity index (χ0n) is 15.6. The third-order valence-corrected chi connectivity index (χ3v) is 3.40. The quantitative estimate of drug-likeness (QED) is 0.264. The number of rotatable bonds is 19. The van der Waals surface area contributed by atoms with E-state index in [-0.39, 0.29) is 5.97 Å². The van der Waals surface area contributed by atoms with Crippen LogP contribution in [0.25, 0.3) is 0 Å². The van der Waals surface area contributed by atoms with Gasteiger partial charge in [-0.15, -0.1) is 0 Å². The number of methoxy groups -OCH3 is 1. The summed E-state index contributed by atoms with van der Waals surface area (Å²) in [5, 5.41) is 0. The van der Waals surface area contributed by atoms with Crippen molar-refractivity contribution in [1.82, 2.24) is 0 Å². The van der Waals surface area contributed by atoms with Crippen molar-refractivity contribution in [2.45, 2.75) is 51.9 Å². The summed E-state index contributed by atoms with van der Waals surface area (Å²) in [5.74, 6) is -0.126. The molecular formula is C18H36O6. The Morgan fingerprint density at radius 1 is 0.667 bits per heavy atom. The monoisotopic (exact) mass is 348 g/mol. The highest BCUT2D eigenvalue weighted by Crippen LogP contribution is 2.07. The number of carbonyl (C=O) groups excluding carboxylic acids is 1. The first kappa shape index (κ1) is 23.3. The molecule has 6 heteroatoms. The lowest BCUT2D eigenvalue weighted by molar-refractivity contribution is -0.145. The van der Waals surface area contributed by atoms with Crippen LogP contribution >= 0.6 is 0 Å². The van der Waals surface area contributed by atoms with Crippen LogP contribution in [-0.2, 0) is 28.5 Å². The van der Waals surface area contributed by atoms with Crippen LogP contribution in [0.3, 0.4) is 0 Å². The van der Waals surface area contributed by atoms with Crippen LogP contribution in [0.15, 0.2) is 0 Å². The summed E-state index contributed by atoms with van der Waals surface area (Å²) in [5.41, 5.74) is 0. The highest BCUT2D eigenvalue weighted by atomic mass is 16.6. The van der Waals surface area contributed by atoms with Gasteiger partial charge in [0.1, 0.15) is 6.61 Å². The van der Waals surface area contributed by atoms with E-state index in [0.29, 0.717) is 59.3 Å². The van der Waals surface area contributed by atoms with E-state index in [2.05, 4.69) is 6.92 Å². The first-order chi connectivity index (χ1) is 11.8. The lowest BCUT2D eigenvalue weighted by Crippen LogP contribution is -2.14. The van der Waals surface area contributed by atoms with Crippen LogP contribution in [0.4, 0.5) is 0 Å². The molecule has 0 heterocycles. The smallest absolute Gasteiger partial charge is 0.305 e. The van der Waals surface area contributed by atoms with Gasteiger partial charge in [-0.3, -0.25) is 4.79 Å². The van der Waals surface area contributed by atoms with Crippen LogP contribution in [0, 0.1) is 0 Å². The van der Waals surface area contributed by atoms with Crippen molar-refractivity contribution in [1.29, 1.82) is 0 Å². The summed E-state index contributed by atoms with van der Waals surface area (Å²) < 4.78 is 25.9. The third-order valence-electron chi connectivity index (χ3n) is 3.40. The molecule has 0 saturated heterocycles. The van der Waals surface area contributed by atoms with Gasteiger partial charge in [-0.1, -0.05) is 39.0 Å². The van der Waals surface area contributed by atoms with Crippen molar-refractivity contribution in [2.75, 3.05) is 60.0 Å². The Bertz CT molecular complexity index is 260. The molecule has 144 valence electrons. The second-order valence-electron chi connectivity index (χ2n) is 5.57. The minimum Gasteiger partial charge on any atom is -0.463 e. The lowest BCUT2D eigenvalue weighted by atomic mass is 10.1. The minimum absolute atomic E-state index is 0.126. The van der Waals surface area contributed by atoms with E-state index in [1.54, 1.807) is 7.11 Å². The molecule has 0 fully saturated rings. The van der Waals surface area contributed by atoms with Crippen molar-refractivity contribution < 1.29 is 28.5 Å². The topological polar surface area (TPSA) is 63.2 Å². The largest absolute Gasteiger partial charge is 0.463 e. The Kier molecular flexibility index (Phi) is 19.8. The summed E-state index contributed by atoms with van der Waals surface area (Å²) in [6, 6.07) is 0. The second kappa shape index (κ2) is 20.4. The Labute approximate surface area is 147 Å². The zero-order valence-corrected chi connectivity index (χ0v) is 15.6. The molecule has 0 bridgehead atoms. The van der Waals surface area contributed by atoms with Gasteiger partial charge in [-0.05, 0) is 6.42 Å². The van der Waals surface area contributed by atoms with E-state index in [1.165, 1.54) is 25.7 Å². The highest BCUT2D eigenvalue weighted by Gasteiger charge is 2.02. The van der Waals surface area contributed by atoms with Crippen LogP contribution in [-0.4, -0.2) is 65.9 Å². The van der Waals surface area contributed by atoms with E-state index >= 15 is 0 Å². The average Bonchev–Trinajstić information content (AvgIpc) is 2.59. The second-order valence-corrected chi connectivity index (χ2v) is 5.57. The van der Waals surface area contributed by atoms with Gasteiger partial charge in [0.2, 0.25) is 0 Å². The normalized spacial score (nSPS) is 10.9. The molecule has 0 aliphatic rings. The Morgan fingerprint density at radius 3 is 1.75 bits per heavy atom. The van der Waals surface area contributed by atoms with Crippen molar-refractivity contribution in [3.63, 3.8) is 0 Å². The Hall–Kier alpha value is -0.690. The molecule has 24 heavy (non-hydrogen) atoms. The minimum atomic E-state index is -0.126. The molecule has 0 amide bonds. The molecule has 0 aliphatic carbocycles. The maximum Gasteiger partial charge on any atom is 0.305 e. The van der Waals surface area contributed by atoms with Crippen LogP contribution in [0.2, 0.25) is 0 Å². The lowest BCUT2D eigenvalue weighted by Gasteiger charge is -2.07. The van der Waals surface area contributed by atoms with Crippen LogP contribution in [0.1, 0.15) is 51.9 Å². The van der Waals surface area contributed by atoms with Gasteiger partial charge in [0, 0.05) is 13.5 Å². The number of esters is 1. The van der Waals surface area contributed by atoms with E-state index in [4.69, 9.17) is 23.7 Å².